The van der Waals surface area contributed by atoms with Crippen molar-refractivity contribution in [3.8, 4) is 5.06 Å². The third-order valence-corrected chi connectivity index (χ3v) is 3.09. The average Bonchev–Trinajstić information content (AvgIpc) is 2.58. The Morgan fingerprint density at radius 2 is 2.20 bits per heavy atom. The van der Waals surface area contributed by atoms with Gasteiger partial charge in [0, 0.05) is 17.3 Å². The second-order valence-electron chi connectivity index (χ2n) is 3.20. The second-order valence-corrected chi connectivity index (χ2v) is 4.25. The van der Waals surface area contributed by atoms with Crippen LogP contribution in [-0.4, -0.2) is 13.0 Å². The molecule has 1 amide bonds. The molecule has 3 nitrogen and oxygen atoms in total. The number of nitrogens with one attached hydrogen (secondary N) is 1. The molecule has 0 fully saturated rings. The van der Waals surface area contributed by atoms with E-state index in [9.17, 15) is 4.79 Å². The first-order valence-corrected chi connectivity index (χ1v) is 5.36. The molecule has 0 bridgehead atoms. The summed E-state index contributed by atoms with van der Waals surface area (Å²) in [6.45, 7) is 1.50. The first-order valence-electron chi connectivity index (χ1n) is 4.54. The molecular weight excluding hydrogens is 210 g/mol. The van der Waals surface area contributed by atoms with E-state index >= 15 is 0 Å². The first kappa shape index (κ1) is 9.98. The molecule has 78 valence electrons. The van der Waals surface area contributed by atoms with E-state index in [0.29, 0.717) is 0 Å². The Kier molecular flexibility index (Phi) is 2.60. The molecule has 2 aromatic rings. The SMILES string of the molecule is COc1cc2cc(NC(C)=O)ccc2s1. The number of amides is 1. The van der Waals surface area contributed by atoms with Gasteiger partial charge in [-0.25, -0.2) is 0 Å². The maximum absolute atomic E-state index is 10.9. The molecule has 1 aromatic carbocycles. The van der Waals surface area contributed by atoms with Gasteiger partial charge in [0.25, 0.3) is 0 Å². The molecule has 0 unspecified atom stereocenters. The van der Waals surface area contributed by atoms with Gasteiger partial charge in [-0.3, -0.25) is 4.79 Å². The number of carbonyl (C=O) groups is 1. The van der Waals surface area contributed by atoms with Gasteiger partial charge in [0.1, 0.15) is 0 Å². The number of hydrogen-bond donors (Lipinski definition) is 1. The van der Waals surface area contributed by atoms with Crippen molar-refractivity contribution in [1.29, 1.82) is 0 Å². The lowest BCUT2D eigenvalue weighted by atomic mass is 10.2. The Balaban J connectivity index is 2.41. The lowest BCUT2D eigenvalue weighted by Gasteiger charge is -2.00. The number of carbonyl (C=O) groups excluding carboxylic acids is 1. The number of anilines is 1. The highest BCUT2D eigenvalue weighted by molar-refractivity contribution is 7.20. The third-order valence-electron chi connectivity index (χ3n) is 2.02. The van der Waals surface area contributed by atoms with Gasteiger partial charge in [-0.15, -0.1) is 0 Å². The van der Waals surface area contributed by atoms with Crippen LogP contribution < -0.4 is 10.1 Å². The van der Waals surface area contributed by atoms with Crippen molar-refractivity contribution in [1.82, 2.24) is 0 Å². The van der Waals surface area contributed by atoms with Crippen molar-refractivity contribution in [2.75, 3.05) is 12.4 Å². The van der Waals surface area contributed by atoms with Crippen LogP contribution in [0.25, 0.3) is 10.1 Å². The lowest BCUT2D eigenvalue weighted by molar-refractivity contribution is -0.114. The summed E-state index contributed by atoms with van der Waals surface area (Å²) in [6, 6.07) is 7.77. The summed E-state index contributed by atoms with van der Waals surface area (Å²) >= 11 is 1.59. The van der Waals surface area contributed by atoms with Crippen LogP contribution in [0.5, 0.6) is 5.06 Å². The zero-order chi connectivity index (χ0) is 10.8. The number of thiophene rings is 1. The summed E-state index contributed by atoms with van der Waals surface area (Å²) in [7, 11) is 1.65. The molecule has 0 atom stereocenters. The zero-order valence-electron chi connectivity index (χ0n) is 8.53. The molecule has 0 aliphatic carbocycles. The van der Waals surface area contributed by atoms with E-state index in [1.165, 1.54) is 6.92 Å². The van der Waals surface area contributed by atoms with E-state index < -0.39 is 0 Å². The van der Waals surface area contributed by atoms with E-state index in [0.717, 1.165) is 20.8 Å². The predicted molar refractivity (Wildman–Crippen MR) is 62.7 cm³/mol. The van der Waals surface area contributed by atoms with Crippen LogP contribution in [0.1, 0.15) is 6.92 Å². The normalized spacial score (nSPS) is 10.3. The monoisotopic (exact) mass is 221 g/mol. The summed E-state index contributed by atoms with van der Waals surface area (Å²) in [5.74, 6) is -0.0588. The largest absolute Gasteiger partial charge is 0.487 e. The van der Waals surface area contributed by atoms with Crippen LogP contribution in [0.2, 0.25) is 0 Å². The molecule has 4 heteroatoms. The van der Waals surface area contributed by atoms with E-state index in [2.05, 4.69) is 5.32 Å². The maximum atomic E-state index is 10.9. The zero-order valence-corrected chi connectivity index (χ0v) is 9.35. The van der Waals surface area contributed by atoms with E-state index in [4.69, 9.17) is 4.74 Å². The number of ether oxygens (including phenoxy) is 1. The summed E-state index contributed by atoms with van der Waals surface area (Å²) in [5.41, 5.74) is 0.815. The number of rotatable bonds is 2. The number of hydrogen-bond acceptors (Lipinski definition) is 3. The van der Waals surface area contributed by atoms with Gasteiger partial charge >= 0.3 is 0 Å². The molecule has 0 saturated heterocycles. The predicted octanol–water partition coefficient (Wildman–Crippen LogP) is 2.87. The fourth-order valence-corrected chi connectivity index (χ4v) is 2.26. The van der Waals surface area contributed by atoms with Gasteiger partial charge < -0.3 is 10.1 Å². The van der Waals surface area contributed by atoms with Gasteiger partial charge in [-0.2, -0.15) is 0 Å². The van der Waals surface area contributed by atoms with Gasteiger partial charge in [0.15, 0.2) is 5.06 Å². The molecule has 0 spiro atoms. The summed E-state index contributed by atoms with van der Waals surface area (Å²) in [5, 5.41) is 4.71. The van der Waals surface area contributed by atoms with Gasteiger partial charge in [-0.05, 0) is 29.7 Å². The van der Waals surface area contributed by atoms with Crippen molar-refractivity contribution in [3.63, 3.8) is 0 Å². The van der Waals surface area contributed by atoms with Crippen molar-refractivity contribution < 1.29 is 9.53 Å². The summed E-state index contributed by atoms with van der Waals surface area (Å²) in [4.78, 5) is 10.9. The lowest BCUT2D eigenvalue weighted by Crippen LogP contribution is -2.05. The molecule has 0 radical (unpaired) electrons. The van der Waals surface area contributed by atoms with Gasteiger partial charge in [0.05, 0.1) is 7.11 Å². The Hall–Kier alpha value is -1.55. The van der Waals surface area contributed by atoms with Gasteiger partial charge in [-0.1, -0.05) is 11.3 Å². The fraction of sp³-hybridized carbons (Fsp3) is 0.182. The van der Waals surface area contributed by atoms with Crippen molar-refractivity contribution in [2.24, 2.45) is 0 Å². The number of methoxy groups -OCH3 is 1. The Morgan fingerprint density at radius 1 is 1.40 bits per heavy atom. The molecule has 0 saturated carbocycles. The van der Waals surface area contributed by atoms with Crippen LogP contribution in [0, 0.1) is 0 Å². The maximum Gasteiger partial charge on any atom is 0.221 e. The van der Waals surface area contributed by atoms with Crippen molar-refractivity contribution in [2.45, 2.75) is 6.92 Å². The number of benzene rings is 1. The standard InChI is InChI=1S/C11H11NO2S/c1-7(13)12-9-3-4-10-8(5-9)6-11(14-2)15-10/h3-6H,1-2H3,(H,12,13). The molecular formula is C11H11NO2S. The van der Waals surface area contributed by atoms with E-state index in [1.54, 1.807) is 18.4 Å². The van der Waals surface area contributed by atoms with Crippen LogP contribution >= 0.6 is 11.3 Å². The van der Waals surface area contributed by atoms with E-state index in [1.807, 2.05) is 24.3 Å². The topological polar surface area (TPSA) is 38.3 Å². The van der Waals surface area contributed by atoms with Crippen LogP contribution in [0.3, 0.4) is 0 Å². The van der Waals surface area contributed by atoms with Crippen molar-refractivity contribution in [3.05, 3.63) is 24.3 Å². The minimum atomic E-state index is -0.0588. The quantitative estimate of drug-likeness (QED) is 0.846. The van der Waals surface area contributed by atoms with Crippen LogP contribution in [0.4, 0.5) is 5.69 Å². The van der Waals surface area contributed by atoms with Crippen molar-refractivity contribution >= 4 is 33.0 Å². The molecule has 0 aliphatic rings. The Morgan fingerprint density at radius 3 is 2.87 bits per heavy atom. The highest BCUT2D eigenvalue weighted by Crippen LogP contribution is 2.32. The molecule has 0 aliphatic heterocycles. The minimum Gasteiger partial charge on any atom is -0.487 e. The van der Waals surface area contributed by atoms with Gasteiger partial charge in [0.2, 0.25) is 5.91 Å². The molecule has 1 aromatic heterocycles. The highest BCUT2D eigenvalue weighted by Gasteiger charge is 2.03. The molecule has 15 heavy (non-hydrogen) atoms. The fourth-order valence-electron chi connectivity index (χ4n) is 1.40. The highest BCUT2D eigenvalue weighted by atomic mass is 32.1. The first-order chi connectivity index (χ1) is 7.19. The molecule has 2 rings (SSSR count). The van der Waals surface area contributed by atoms with Crippen LogP contribution in [0.15, 0.2) is 24.3 Å². The minimum absolute atomic E-state index is 0.0588. The smallest absolute Gasteiger partial charge is 0.221 e. The summed E-state index contributed by atoms with van der Waals surface area (Å²) < 4.78 is 6.30. The second kappa shape index (κ2) is 3.90. The average molecular weight is 221 g/mol. The number of fused-ring (bicyclic) bond motifs is 1. The van der Waals surface area contributed by atoms with Crippen LogP contribution in [-0.2, 0) is 4.79 Å². The summed E-state index contributed by atoms with van der Waals surface area (Å²) in [6.07, 6.45) is 0. The third kappa shape index (κ3) is 2.10. The molecule has 1 N–H and O–H groups in total. The Labute approximate surface area is 91.7 Å². The molecule has 1 heterocycles. The Bertz CT molecular complexity index is 504. The van der Waals surface area contributed by atoms with E-state index in [-0.39, 0.29) is 5.91 Å².